The van der Waals surface area contributed by atoms with E-state index in [-0.39, 0.29) is 6.42 Å². The fraction of sp³-hybridized carbons (Fsp3) is 0.214. The van der Waals surface area contributed by atoms with E-state index in [4.69, 9.17) is 0 Å². The summed E-state index contributed by atoms with van der Waals surface area (Å²) in [6, 6.07) is 9.03. The molecule has 1 rings (SSSR count). The second-order valence-electron chi connectivity index (χ2n) is 3.74. The van der Waals surface area contributed by atoms with Crippen LogP contribution in [0, 0.1) is 0 Å². The van der Waals surface area contributed by atoms with Gasteiger partial charge in [0.2, 0.25) is 5.91 Å². The Kier molecular flexibility index (Phi) is 6.02. The largest absolute Gasteiger partial charge is 0.452 e. The van der Waals surface area contributed by atoms with Crippen molar-refractivity contribution in [2.45, 2.75) is 13.3 Å². The molecule has 0 bridgehead atoms. The third kappa shape index (κ3) is 6.16. The van der Waals surface area contributed by atoms with Crippen LogP contribution in [0.2, 0.25) is 0 Å². The van der Waals surface area contributed by atoms with E-state index >= 15 is 0 Å². The average Bonchev–Trinajstić information content (AvgIpc) is 2.38. The Bertz CT molecular complexity index is 479. The third-order valence-electron chi connectivity index (χ3n) is 2.13. The van der Waals surface area contributed by atoms with Gasteiger partial charge in [0.25, 0.3) is 5.91 Å². The van der Waals surface area contributed by atoms with Gasteiger partial charge in [0.1, 0.15) is 0 Å². The third-order valence-corrected chi connectivity index (χ3v) is 2.13. The van der Waals surface area contributed by atoms with E-state index in [2.05, 4.69) is 10.1 Å². The van der Waals surface area contributed by atoms with Crippen molar-refractivity contribution >= 4 is 17.8 Å². The van der Waals surface area contributed by atoms with Crippen LogP contribution in [0.1, 0.15) is 12.5 Å². The molecular formula is C14H15NO4. The maximum absolute atomic E-state index is 11.5. The summed E-state index contributed by atoms with van der Waals surface area (Å²) >= 11 is 0. The van der Waals surface area contributed by atoms with Gasteiger partial charge in [-0.3, -0.25) is 14.9 Å². The smallest absolute Gasteiger partial charge is 0.330 e. The van der Waals surface area contributed by atoms with Crippen molar-refractivity contribution < 1.29 is 19.1 Å². The lowest BCUT2D eigenvalue weighted by atomic mass is 10.1. The van der Waals surface area contributed by atoms with E-state index in [1.54, 1.807) is 19.1 Å². The Morgan fingerprint density at radius 3 is 2.47 bits per heavy atom. The van der Waals surface area contributed by atoms with Crippen LogP contribution in [0.4, 0.5) is 0 Å². The van der Waals surface area contributed by atoms with Gasteiger partial charge in [0, 0.05) is 6.08 Å². The van der Waals surface area contributed by atoms with Crippen LogP contribution in [-0.2, 0) is 25.5 Å². The molecule has 1 aromatic carbocycles. The summed E-state index contributed by atoms with van der Waals surface area (Å²) in [6.45, 7) is 1.19. The molecule has 0 aliphatic heterocycles. The van der Waals surface area contributed by atoms with Crippen molar-refractivity contribution in [2.24, 2.45) is 0 Å². The van der Waals surface area contributed by atoms with Crippen molar-refractivity contribution in [1.29, 1.82) is 0 Å². The number of ether oxygens (including phenoxy) is 1. The molecule has 0 aliphatic carbocycles. The summed E-state index contributed by atoms with van der Waals surface area (Å²) in [6.07, 6.45) is 2.80. The highest BCUT2D eigenvalue weighted by molar-refractivity contribution is 5.97. The van der Waals surface area contributed by atoms with Crippen molar-refractivity contribution in [3.05, 3.63) is 48.0 Å². The summed E-state index contributed by atoms with van der Waals surface area (Å²) in [7, 11) is 0. The van der Waals surface area contributed by atoms with Crippen LogP contribution in [0.15, 0.2) is 42.5 Å². The van der Waals surface area contributed by atoms with Crippen LogP contribution in [-0.4, -0.2) is 24.4 Å². The van der Waals surface area contributed by atoms with Crippen LogP contribution >= 0.6 is 0 Å². The minimum atomic E-state index is -0.640. The molecule has 0 heterocycles. The lowest BCUT2D eigenvalue weighted by Gasteiger charge is -2.04. The van der Waals surface area contributed by atoms with E-state index in [0.717, 1.165) is 5.56 Å². The Morgan fingerprint density at radius 1 is 1.16 bits per heavy atom. The molecule has 2 amide bonds. The summed E-state index contributed by atoms with van der Waals surface area (Å²) in [5.74, 6) is -1.69. The number of esters is 1. The molecule has 19 heavy (non-hydrogen) atoms. The molecule has 0 unspecified atom stereocenters. The van der Waals surface area contributed by atoms with Gasteiger partial charge in [-0.15, -0.1) is 0 Å². The SMILES string of the molecule is C/C=C/C(=O)OCC(=O)NC(=O)Cc1ccccc1. The molecule has 0 aromatic heterocycles. The monoisotopic (exact) mass is 261 g/mol. The predicted molar refractivity (Wildman–Crippen MR) is 69.1 cm³/mol. The number of rotatable bonds is 5. The molecule has 1 aromatic rings. The zero-order chi connectivity index (χ0) is 14.1. The molecule has 5 nitrogen and oxygen atoms in total. The van der Waals surface area contributed by atoms with Crippen molar-refractivity contribution in [2.75, 3.05) is 6.61 Å². The summed E-state index contributed by atoms with van der Waals surface area (Å²) in [5.41, 5.74) is 0.804. The van der Waals surface area contributed by atoms with Crippen molar-refractivity contribution in [3.63, 3.8) is 0 Å². The first kappa shape index (κ1) is 14.6. The Hall–Kier alpha value is -2.43. The van der Waals surface area contributed by atoms with Gasteiger partial charge in [0.05, 0.1) is 6.42 Å². The first-order chi connectivity index (χ1) is 9.11. The van der Waals surface area contributed by atoms with Gasteiger partial charge in [-0.2, -0.15) is 0 Å². The zero-order valence-electron chi connectivity index (χ0n) is 10.6. The standard InChI is InChI=1S/C14H15NO4/c1-2-6-14(18)19-10-13(17)15-12(16)9-11-7-4-3-5-8-11/h2-8H,9-10H2,1H3,(H,15,16,17)/b6-2+. The number of hydrogen-bond acceptors (Lipinski definition) is 4. The highest BCUT2D eigenvalue weighted by atomic mass is 16.5. The van der Waals surface area contributed by atoms with Crippen LogP contribution < -0.4 is 5.32 Å². The lowest BCUT2D eigenvalue weighted by molar-refractivity contribution is -0.145. The minimum Gasteiger partial charge on any atom is -0.452 e. The molecule has 0 spiro atoms. The molecule has 1 N–H and O–H groups in total. The topological polar surface area (TPSA) is 72.5 Å². The minimum absolute atomic E-state index is 0.107. The second-order valence-corrected chi connectivity index (χ2v) is 3.74. The summed E-state index contributed by atoms with van der Waals surface area (Å²) in [4.78, 5) is 33.8. The first-order valence-corrected chi connectivity index (χ1v) is 5.78. The molecule has 5 heteroatoms. The van der Waals surface area contributed by atoms with Gasteiger partial charge >= 0.3 is 5.97 Å². The number of allylic oxidation sites excluding steroid dienone is 1. The van der Waals surface area contributed by atoms with Crippen LogP contribution in [0.25, 0.3) is 0 Å². The number of benzene rings is 1. The summed E-state index contributed by atoms with van der Waals surface area (Å²) < 4.78 is 4.61. The quantitative estimate of drug-likeness (QED) is 0.633. The molecule has 0 saturated heterocycles. The molecule has 0 atom stereocenters. The number of amides is 2. The highest BCUT2D eigenvalue weighted by Crippen LogP contribution is 1.98. The maximum Gasteiger partial charge on any atom is 0.330 e. The van der Waals surface area contributed by atoms with E-state index in [1.165, 1.54) is 12.2 Å². The van der Waals surface area contributed by atoms with Crippen molar-refractivity contribution in [3.8, 4) is 0 Å². The summed E-state index contributed by atoms with van der Waals surface area (Å²) in [5, 5.41) is 2.15. The van der Waals surface area contributed by atoms with Gasteiger partial charge in [-0.05, 0) is 12.5 Å². The molecular weight excluding hydrogens is 246 g/mol. The fourth-order valence-electron chi connectivity index (χ4n) is 1.34. The normalized spacial score (nSPS) is 10.2. The van der Waals surface area contributed by atoms with E-state index < -0.39 is 24.4 Å². The number of carbonyl (C=O) groups excluding carboxylic acids is 3. The molecule has 0 aliphatic rings. The van der Waals surface area contributed by atoms with Gasteiger partial charge < -0.3 is 4.74 Å². The molecule has 0 radical (unpaired) electrons. The van der Waals surface area contributed by atoms with Gasteiger partial charge in [-0.25, -0.2) is 4.79 Å². The number of imide groups is 1. The van der Waals surface area contributed by atoms with Gasteiger partial charge in [-0.1, -0.05) is 36.4 Å². The van der Waals surface area contributed by atoms with E-state index in [9.17, 15) is 14.4 Å². The number of carbonyl (C=O) groups is 3. The van der Waals surface area contributed by atoms with Crippen molar-refractivity contribution in [1.82, 2.24) is 5.32 Å². The first-order valence-electron chi connectivity index (χ1n) is 5.78. The number of hydrogen-bond donors (Lipinski definition) is 1. The Labute approximate surface area is 111 Å². The van der Waals surface area contributed by atoms with Crippen LogP contribution in [0.3, 0.4) is 0 Å². The fourth-order valence-corrected chi connectivity index (χ4v) is 1.34. The second kappa shape index (κ2) is 7.81. The van der Waals surface area contributed by atoms with E-state index in [1.807, 2.05) is 18.2 Å². The van der Waals surface area contributed by atoms with E-state index in [0.29, 0.717) is 0 Å². The van der Waals surface area contributed by atoms with Gasteiger partial charge in [0.15, 0.2) is 6.61 Å². The Morgan fingerprint density at radius 2 is 1.84 bits per heavy atom. The maximum atomic E-state index is 11.5. The number of nitrogens with one attached hydrogen (secondary N) is 1. The average molecular weight is 261 g/mol. The highest BCUT2D eigenvalue weighted by Gasteiger charge is 2.10. The Balaban J connectivity index is 2.32. The lowest BCUT2D eigenvalue weighted by Crippen LogP contribution is -2.35. The molecule has 0 saturated carbocycles. The zero-order valence-corrected chi connectivity index (χ0v) is 10.6. The molecule has 0 fully saturated rings. The van der Waals surface area contributed by atoms with Crippen LogP contribution in [0.5, 0.6) is 0 Å². The molecule has 100 valence electrons. The predicted octanol–water partition coefficient (Wildman–Crippen LogP) is 0.991.